The Labute approximate surface area is 142 Å². The van der Waals surface area contributed by atoms with Crippen molar-refractivity contribution < 1.29 is 22.7 Å². The Morgan fingerprint density at radius 2 is 1.96 bits per heavy atom. The van der Waals surface area contributed by atoms with Gasteiger partial charge in [-0.05, 0) is 39.2 Å². The molecule has 0 amide bonds. The summed E-state index contributed by atoms with van der Waals surface area (Å²) >= 11 is 0. The van der Waals surface area contributed by atoms with Crippen LogP contribution in [0.1, 0.15) is 53.5 Å². The number of Topliss-reactive ketones (excluding diaryl/α,β-unsaturated/α-hetero) is 1. The zero-order valence-corrected chi connectivity index (χ0v) is 14.9. The number of rotatable bonds is 5. The minimum Gasteiger partial charge on any atom is -0.457 e. The molecule has 0 bridgehead atoms. The van der Waals surface area contributed by atoms with Crippen molar-refractivity contribution in [2.24, 2.45) is 5.92 Å². The molecular formula is C17H23NO5S. The van der Waals surface area contributed by atoms with Gasteiger partial charge in [-0.15, -0.1) is 0 Å². The van der Waals surface area contributed by atoms with Crippen molar-refractivity contribution in [1.82, 2.24) is 4.57 Å². The maximum atomic E-state index is 12.4. The van der Waals surface area contributed by atoms with Crippen LogP contribution in [-0.4, -0.2) is 42.9 Å². The smallest absolute Gasteiger partial charge is 0.309 e. The first-order valence-corrected chi connectivity index (χ1v) is 10.2. The van der Waals surface area contributed by atoms with Gasteiger partial charge >= 0.3 is 5.97 Å². The third-order valence-electron chi connectivity index (χ3n) is 5.14. The molecule has 0 radical (unpaired) electrons. The van der Waals surface area contributed by atoms with Gasteiger partial charge in [0.2, 0.25) is 5.78 Å². The Balaban J connectivity index is 1.71. The normalized spacial score (nSPS) is 23.0. The van der Waals surface area contributed by atoms with Gasteiger partial charge in [0.15, 0.2) is 16.4 Å². The predicted octanol–water partition coefficient (Wildman–Crippen LogP) is 1.99. The van der Waals surface area contributed by atoms with E-state index in [9.17, 15) is 18.0 Å². The number of ether oxygens (including phenoxy) is 1. The van der Waals surface area contributed by atoms with Crippen molar-refractivity contribution in [2.75, 3.05) is 18.1 Å². The number of esters is 1. The molecule has 1 atom stereocenters. The van der Waals surface area contributed by atoms with Crippen LogP contribution in [0, 0.1) is 19.8 Å². The molecule has 6 nitrogen and oxygen atoms in total. The lowest BCUT2D eigenvalue weighted by Crippen LogP contribution is -2.26. The van der Waals surface area contributed by atoms with Gasteiger partial charge in [0.1, 0.15) is 0 Å². The number of hydrogen-bond donors (Lipinski definition) is 0. The fraction of sp³-hybridized carbons (Fsp3) is 0.647. The summed E-state index contributed by atoms with van der Waals surface area (Å²) in [5.41, 5.74) is 2.13. The first kappa shape index (κ1) is 17.2. The quantitative estimate of drug-likeness (QED) is 0.597. The SMILES string of the molecule is Cc1cc(C(=O)COC(=O)C2CCC2)c(C)n1[C@H]1CCS(=O)(=O)C1. The number of sulfone groups is 1. The van der Waals surface area contributed by atoms with E-state index in [4.69, 9.17) is 4.74 Å². The molecule has 24 heavy (non-hydrogen) atoms. The minimum absolute atomic E-state index is 0.0473. The van der Waals surface area contributed by atoms with E-state index in [0.29, 0.717) is 12.0 Å². The van der Waals surface area contributed by atoms with Crippen LogP contribution in [0.25, 0.3) is 0 Å². The van der Waals surface area contributed by atoms with Crippen LogP contribution in [0.4, 0.5) is 0 Å². The highest BCUT2D eigenvalue weighted by Gasteiger charge is 2.32. The van der Waals surface area contributed by atoms with Gasteiger partial charge < -0.3 is 9.30 Å². The molecule has 0 spiro atoms. The van der Waals surface area contributed by atoms with Crippen LogP contribution >= 0.6 is 0 Å². The average Bonchev–Trinajstić information content (AvgIpc) is 2.93. The summed E-state index contributed by atoms with van der Waals surface area (Å²) in [6.07, 6.45) is 3.30. The first-order chi connectivity index (χ1) is 11.3. The largest absolute Gasteiger partial charge is 0.457 e. The molecule has 3 rings (SSSR count). The van der Waals surface area contributed by atoms with Crippen molar-refractivity contribution in [3.63, 3.8) is 0 Å². The zero-order chi connectivity index (χ0) is 17.5. The summed E-state index contributed by atoms with van der Waals surface area (Å²) in [7, 11) is -2.99. The number of hydrogen-bond acceptors (Lipinski definition) is 5. The van der Waals surface area contributed by atoms with Crippen molar-refractivity contribution in [3.05, 3.63) is 23.0 Å². The Kier molecular flexibility index (Phi) is 4.55. The number of carbonyl (C=O) groups is 2. The Morgan fingerprint density at radius 1 is 1.25 bits per heavy atom. The summed E-state index contributed by atoms with van der Waals surface area (Å²) in [6.45, 7) is 3.44. The number of nitrogens with zero attached hydrogens (tertiary/aromatic N) is 1. The van der Waals surface area contributed by atoms with E-state index in [1.54, 1.807) is 6.07 Å². The maximum Gasteiger partial charge on any atom is 0.309 e. The third-order valence-corrected chi connectivity index (χ3v) is 6.89. The average molecular weight is 353 g/mol. The first-order valence-electron chi connectivity index (χ1n) is 8.37. The van der Waals surface area contributed by atoms with Crippen LogP contribution in [0.3, 0.4) is 0 Å². The summed E-state index contributed by atoms with van der Waals surface area (Å²) in [6, 6.07) is 1.65. The number of ketones is 1. The molecule has 0 unspecified atom stereocenters. The summed E-state index contributed by atoms with van der Waals surface area (Å²) in [5, 5.41) is 0. The lowest BCUT2D eigenvalue weighted by molar-refractivity contribution is -0.150. The summed E-state index contributed by atoms with van der Waals surface area (Å²) in [4.78, 5) is 24.2. The van der Waals surface area contributed by atoms with Crippen LogP contribution in [0.15, 0.2) is 6.07 Å². The standard InChI is InChI=1S/C17H23NO5S/c1-11-8-15(16(19)9-23-17(20)13-4-3-5-13)12(2)18(11)14-6-7-24(21,22)10-14/h8,13-14H,3-7,9-10H2,1-2H3/t14-/m0/s1. The molecule has 2 heterocycles. The molecule has 1 saturated carbocycles. The van der Waals surface area contributed by atoms with Crippen molar-refractivity contribution in [1.29, 1.82) is 0 Å². The number of aryl methyl sites for hydroxylation is 1. The second-order valence-corrected chi connectivity index (χ2v) is 9.10. The molecule has 0 N–H and O–H groups in total. The van der Waals surface area contributed by atoms with Gasteiger partial charge in [0, 0.05) is 23.0 Å². The lowest BCUT2D eigenvalue weighted by atomic mass is 9.86. The molecule has 1 aromatic rings. The van der Waals surface area contributed by atoms with Gasteiger partial charge in [-0.1, -0.05) is 6.42 Å². The number of carbonyl (C=O) groups excluding carboxylic acids is 2. The molecule has 2 aliphatic rings. The summed E-state index contributed by atoms with van der Waals surface area (Å²) in [5.74, 6) is -0.257. The zero-order valence-electron chi connectivity index (χ0n) is 14.1. The molecule has 1 saturated heterocycles. The van der Waals surface area contributed by atoms with Crippen molar-refractivity contribution in [2.45, 2.75) is 45.6 Å². The van der Waals surface area contributed by atoms with E-state index in [1.165, 1.54) is 0 Å². The van der Waals surface area contributed by atoms with Gasteiger partial charge in [-0.25, -0.2) is 8.42 Å². The Morgan fingerprint density at radius 3 is 2.50 bits per heavy atom. The van der Waals surface area contributed by atoms with Gasteiger partial charge in [-0.2, -0.15) is 0 Å². The van der Waals surface area contributed by atoms with Crippen molar-refractivity contribution in [3.8, 4) is 0 Å². The van der Waals surface area contributed by atoms with E-state index >= 15 is 0 Å². The van der Waals surface area contributed by atoms with E-state index in [1.807, 2.05) is 18.4 Å². The fourth-order valence-corrected chi connectivity index (χ4v) is 5.28. The van der Waals surface area contributed by atoms with E-state index < -0.39 is 9.84 Å². The summed E-state index contributed by atoms with van der Waals surface area (Å²) < 4.78 is 30.5. The molecule has 0 aromatic carbocycles. The predicted molar refractivity (Wildman–Crippen MR) is 88.8 cm³/mol. The molecule has 1 aromatic heterocycles. The maximum absolute atomic E-state index is 12.4. The van der Waals surface area contributed by atoms with Crippen LogP contribution in [0.5, 0.6) is 0 Å². The van der Waals surface area contributed by atoms with Crippen molar-refractivity contribution >= 4 is 21.6 Å². The van der Waals surface area contributed by atoms with Crippen LogP contribution in [0.2, 0.25) is 0 Å². The third kappa shape index (κ3) is 3.27. The van der Waals surface area contributed by atoms with Crippen LogP contribution in [-0.2, 0) is 19.4 Å². The minimum atomic E-state index is -2.99. The molecule has 2 fully saturated rings. The molecule has 1 aliphatic heterocycles. The van der Waals surface area contributed by atoms with Gasteiger partial charge in [-0.3, -0.25) is 9.59 Å². The topological polar surface area (TPSA) is 82.4 Å². The molecule has 132 valence electrons. The fourth-order valence-electron chi connectivity index (χ4n) is 3.58. The molecular weight excluding hydrogens is 330 g/mol. The molecule has 7 heteroatoms. The van der Waals surface area contributed by atoms with E-state index in [-0.39, 0.29) is 41.8 Å². The lowest BCUT2D eigenvalue weighted by Gasteiger charge is -2.22. The molecule has 1 aliphatic carbocycles. The number of aromatic nitrogens is 1. The van der Waals surface area contributed by atoms with E-state index in [2.05, 4.69) is 0 Å². The van der Waals surface area contributed by atoms with Crippen LogP contribution < -0.4 is 0 Å². The second kappa shape index (κ2) is 6.35. The highest BCUT2D eigenvalue weighted by Crippen LogP contribution is 2.30. The van der Waals surface area contributed by atoms with Gasteiger partial charge in [0.05, 0.1) is 17.4 Å². The second-order valence-electron chi connectivity index (χ2n) is 6.87. The Bertz CT molecular complexity index is 773. The monoisotopic (exact) mass is 353 g/mol. The van der Waals surface area contributed by atoms with E-state index in [0.717, 1.165) is 30.7 Å². The Hall–Kier alpha value is -1.63. The highest BCUT2D eigenvalue weighted by molar-refractivity contribution is 7.91. The highest BCUT2D eigenvalue weighted by atomic mass is 32.2. The van der Waals surface area contributed by atoms with Gasteiger partial charge in [0.25, 0.3) is 0 Å².